The van der Waals surface area contributed by atoms with Crippen LogP contribution in [0.2, 0.25) is 0 Å². The summed E-state index contributed by atoms with van der Waals surface area (Å²) >= 11 is 0. The van der Waals surface area contributed by atoms with Gasteiger partial charge in [-0.1, -0.05) is 25.8 Å². The topological polar surface area (TPSA) is 249 Å². The van der Waals surface area contributed by atoms with Gasteiger partial charge in [0.2, 0.25) is 0 Å². The number of aromatic nitrogens is 6. The zero-order valence-corrected chi connectivity index (χ0v) is 21.7. The lowest BCUT2D eigenvalue weighted by Crippen LogP contribution is -2.15. The molecule has 3 heterocycles. The summed E-state index contributed by atoms with van der Waals surface area (Å²) in [6.45, 7) is 24.9. The van der Waals surface area contributed by atoms with Crippen molar-refractivity contribution in [3.8, 4) is 0 Å². The van der Waals surface area contributed by atoms with Crippen LogP contribution >= 0.6 is 0 Å². The Labute approximate surface area is 230 Å². The Kier molecular flexibility index (Phi) is 12.9. The van der Waals surface area contributed by atoms with Gasteiger partial charge in [0.05, 0.1) is 30.8 Å². The van der Waals surface area contributed by atoms with E-state index in [9.17, 15) is 10.2 Å². The highest BCUT2D eigenvalue weighted by Crippen LogP contribution is 2.22. The number of aliphatic hydroxyl groups is 4. The minimum absolute atomic E-state index is 0.0153. The van der Waals surface area contributed by atoms with Crippen LogP contribution < -0.4 is 17.2 Å². The molecule has 0 bridgehead atoms. The number of nitrogen functional groups attached to an aromatic ring is 3. The number of allylic oxidation sites excluding steroid dienone is 1. The molecule has 0 fully saturated rings. The smallest absolute Gasteiger partial charge is 0.312 e. The lowest BCUT2D eigenvalue weighted by Gasteiger charge is -2.09. The first-order valence-corrected chi connectivity index (χ1v) is 11.2. The average Bonchev–Trinajstić information content (AvgIpc) is 2.94. The maximum atomic E-state index is 9.41. The van der Waals surface area contributed by atoms with E-state index in [4.69, 9.17) is 47.1 Å². The largest absolute Gasteiger partial charge is 0.391 e. The van der Waals surface area contributed by atoms with Crippen molar-refractivity contribution in [2.45, 2.75) is 45.2 Å². The highest BCUT2D eigenvalue weighted by Gasteiger charge is 2.21. The summed E-state index contributed by atoms with van der Waals surface area (Å²) in [5.41, 5.74) is 17.0. The quantitative estimate of drug-likeness (QED) is 0.224. The minimum Gasteiger partial charge on any atom is -0.391 e. The van der Waals surface area contributed by atoms with Crippen molar-refractivity contribution in [3.05, 3.63) is 76.0 Å². The second-order valence-corrected chi connectivity index (χ2v) is 7.72. The molecule has 0 aliphatic heterocycles. The van der Waals surface area contributed by atoms with Crippen LogP contribution in [0.25, 0.3) is 20.6 Å². The van der Waals surface area contributed by atoms with Crippen LogP contribution in [0.5, 0.6) is 0 Å². The average molecular weight is 549 g/mol. The van der Waals surface area contributed by atoms with Gasteiger partial charge in [-0.2, -0.15) is 0 Å². The Morgan fingerprint density at radius 3 is 1.35 bits per heavy atom. The molecule has 0 unspecified atom stereocenters. The predicted molar refractivity (Wildman–Crippen MR) is 146 cm³/mol. The molecule has 3 aromatic heterocycles. The van der Waals surface area contributed by atoms with Gasteiger partial charge in [-0.25, -0.2) is 15.0 Å². The lowest BCUT2D eigenvalue weighted by atomic mass is 10.2. The molecule has 0 amide bonds. The molecule has 0 aliphatic carbocycles. The van der Waals surface area contributed by atoms with E-state index in [0.29, 0.717) is 5.69 Å². The Hall–Kier alpha value is -5.31. The number of rotatable bonds is 5. The normalized spacial score (nSPS) is 13.1. The molecule has 0 saturated carbocycles. The van der Waals surface area contributed by atoms with Crippen LogP contribution in [-0.2, 0) is 0 Å². The first-order valence-electron chi connectivity index (χ1n) is 11.2. The second kappa shape index (κ2) is 15.8. The fraction of sp³-hybridized carbons (Fsp3) is 0.292. The van der Waals surface area contributed by atoms with Gasteiger partial charge in [-0.15, -0.1) is 15.0 Å². The number of nitrogens with two attached hydrogens (primary N) is 3. The molecule has 208 valence electrons. The van der Waals surface area contributed by atoms with Gasteiger partial charge in [0.15, 0.2) is 17.1 Å². The molecule has 0 aromatic carbocycles. The van der Waals surface area contributed by atoms with Gasteiger partial charge < -0.3 is 52.2 Å². The van der Waals surface area contributed by atoms with Crippen molar-refractivity contribution in [3.63, 3.8) is 0 Å². The van der Waals surface area contributed by atoms with E-state index >= 15 is 0 Å². The Balaban J connectivity index is 0.000000301. The number of nitrogens with zero attached hydrogens (tertiary/aromatic N) is 9. The van der Waals surface area contributed by atoms with Crippen molar-refractivity contribution >= 4 is 41.0 Å². The van der Waals surface area contributed by atoms with E-state index in [0.717, 1.165) is 0 Å². The molecule has 3 rings (SSSR count). The fourth-order valence-corrected chi connectivity index (χ4v) is 2.48. The van der Waals surface area contributed by atoms with Crippen molar-refractivity contribution in [2.24, 2.45) is 0 Å². The molecular weight excluding hydrogens is 520 g/mol. The van der Waals surface area contributed by atoms with E-state index < -0.39 is 24.4 Å². The second-order valence-electron chi connectivity index (χ2n) is 7.72. The van der Waals surface area contributed by atoms with E-state index in [1.54, 1.807) is 6.08 Å². The van der Waals surface area contributed by atoms with Crippen LogP contribution in [0.3, 0.4) is 0 Å². The zero-order chi connectivity index (χ0) is 30.4. The SMILES string of the molecule is [C-]#[N+]c1nc(/C=C\C)cnc1N.[C-]#[N+]c1nc([C@@H](O)[C@H](C)O)cnc1N.[C-]#[N+]c1nc([C@H](O)[C@@H](C)O)cnc1N. The van der Waals surface area contributed by atoms with E-state index in [1.165, 1.54) is 32.4 Å². The molecule has 0 aliphatic rings. The fourth-order valence-electron chi connectivity index (χ4n) is 2.48. The maximum Gasteiger partial charge on any atom is 0.312 e. The van der Waals surface area contributed by atoms with Crippen LogP contribution in [0.15, 0.2) is 24.7 Å². The molecule has 16 heteroatoms. The molecule has 3 aromatic rings. The number of hydrogen-bond acceptors (Lipinski definition) is 13. The molecule has 0 spiro atoms. The van der Waals surface area contributed by atoms with E-state index in [2.05, 4.69) is 44.4 Å². The molecular formula is C24H28N12O4. The summed E-state index contributed by atoms with van der Waals surface area (Å²) < 4.78 is 0. The number of anilines is 3. The van der Waals surface area contributed by atoms with Gasteiger partial charge in [0, 0.05) is 0 Å². The summed E-state index contributed by atoms with van der Waals surface area (Å²) in [4.78, 5) is 31.9. The molecule has 0 radical (unpaired) electrons. The minimum atomic E-state index is -1.15. The Bertz CT molecular complexity index is 1370. The van der Waals surface area contributed by atoms with Crippen LogP contribution in [0.1, 0.15) is 50.1 Å². The molecule has 40 heavy (non-hydrogen) atoms. The predicted octanol–water partition coefficient (Wildman–Crippen LogP) is 1.69. The summed E-state index contributed by atoms with van der Waals surface area (Å²) in [6.07, 6.45) is 3.37. The summed E-state index contributed by atoms with van der Waals surface area (Å²) in [6, 6.07) is 0. The standard InChI is InChI=1S/2C8H10N4O2.C8H8N4/c2*1-4(13)6(14)5-3-11-7(9)8(10-2)12-5;1-3-4-6-5-11-7(9)8(10-2)12-6/h2*3-4,6,13-14H,1H3,(H2,9,11);3-5H,1H3,(H2,9,11)/b;;4-3-/t2*4-,6-;/m10./s1. The van der Waals surface area contributed by atoms with Crippen LogP contribution in [0.4, 0.5) is 34.9 Å². The van der Waals surface area contributed by atoms with Crippen molar-refractivity contribution in [2.75, 3.05) is 17.2 Å². The zero-order valence-electron chi connectivity index (χ0n) is 21.7. The maximum absolute atomic E-state index is 9.41. The first-order chi connectivity index (χ1) is 18.9. The highest BCUT2D eigenvalue weighted by molar-refractivity contribution is 5.59. The van der Waals surface area contributed by atoms with Crippen LogP contribution in [-0.4, -0.2) is 62.5 Å². The van der Waals surface area contributed by atoms with Crippen LogP contribution in [0, 0.1) is 19.7 Å². The van der Waals surface area contributed by atoms with Gasteiger partial charge in [0.1, 0.15) is 29.7 Å². The van der Waals surface area contributed by atoms with Gasteiger partial charge in [-0.05, 0) is 26.8 Å². The molecule has 16 nitrogen and oxygen atoms in total. The summed E-state index contributed by atoms with van der Waals surface area (Å²) in [7, 11) is 0. The van der Waals surface area contributed by atoms with Crippen molar-refractivity contribution in [1.82, 2.24) is 29.9 Å². The van der Waals surface area contributed by atoms with Gasteiger partial charge in [-0.3, -0.25) is 0 Å². The molecule has 0 saturated heterocycles. The van der Waals surface area contributed by atoms with E-state index in [-0.39, 0.29) is 46.3 Å². The van der Waals surface area contributed by atoms with Crippen molar-refractivity contribution < 1.29 is 20.4 Å². The number of aliphatic hydroxyl groups excluding tert-OH is 4. The van der Waals surface area contributed by atoms with E-state index in [1.807, 2.05) is 13.0 Å². The third kappa shape index (κ3) is 9.53. The number of hydrogen-bond donors (Lipinski definition) is 7. The monoisotopic (exact) mass is 548 g/mol. The third-order valence-corrected chi connectivity index (χ3v) is 4.58. The van der Waals surface area contributed by atoms with Crippen molar-refractivity contribution in [1.29, 1.82) is 0 Å². The third-order valence-electron chi connectivity index (χ3n) is 4.58. The Morgan fingerprint density at radius 1 is 0.675 bits per heavy atom. The highest BCUT2D eigenvalue weighted by atomic mass is 16.3. The first kappa shape index (κ1) is 32.7. The lowest BCUT2D eigenvalue weighted by molar-refractivity contribution is 0.0277. The molecule has 4 atom stereocenters. The summed E-state index contributed by atoms with van der Waals surface area (Å²) in [5, 5.41) is 37.0. The van der Waals surface area contributed by atoms with Gasteiger partial charge in [0.25, 0.3) is 0 Å². The van der Waals surface area contributed by atoms with Gasteiger partial charge >= 0.3 is 17.5 Å². The Morgan fingerprint density at radius 2 is 1.02 bits per heavy atom. The summed E-state index contributed by atoms with van der Waals surface area (Å²) in [5.74, 6) is 0.233. The molecule has 10 N–H and O–H groups in total.